The normalized spacial score (nSPS) is 10.1. The van der Waals surface area contributed by atoms with Gasteiger partial charge in [-0.25, -0.2) is 0 Å². The molecule has 2 rings (SSSR count). The summed E-state index contributed by atoms with van der Waals surface area (Å²) in [7, 11) is 4.39. The maximum atomic E-state index is 13.1. The first-order valence-electron chi connectivity index (χ1n) is 7.33. The smallest absolute Gasteiger partial charge is 0.221 e. The van der Waals surface area contributed by atoms with Gasteiger partial charge in [-0.05, 0) is 18.2 Å². The lowest BCUT2D eigenvalue weighted by molar-refractivity contribution is -0.114. The van der Waals surface area contributed by atoms with Crippen LogP contribution in [0.25, 0.3) is 0 Å². The van der Waals surface area contributed by atoms with Crippen molar-refractivity contribution in [3.63, 3.8) is 0 Å². The predicted molar refractivity (Wildman–Crippen MR) is 95.3 cm³/mol. The van der Waals surface area contributed by atoms with Gasteiger partial charge in [-0.3, -0.25) is 9.59 Å². The number of anilines is 1. The molecule has 0 aliphatic rings. The van der Waals surface area contributed by atoms with E-state index in [9.17, 15) is 9.59 Å². The molecule has 2 aromatic rings. The van der Waals surface area contributed by atoms with E-state index in [0.717, 1.165) is 0 Å². The van der Waals surface area contributed by atoms with Gasteiger partial charge in [0.2, 0.25) is 11.7 Å². The minimum Gasteiger partial charge on any atom is -0.496 e. The third-order valence-corrected chi connectivity index (χ3v) is 3.71. The van der Waals surface area contributed by atoms with Crippen LogP contribution in [0, 0.1) is 0 Å². The van der Waals surface area contributed by atoms with E-state index in [2.05, 4.69) is 5.32 Å². The highest BCUT2D eigenvalue weighted by Gasteiger charge is 2.24. The first-order chi connectivity index (χ1) is 11.9. The van der Waals surface area contributed by atoms with Gasteiger partial charge in [0, 0.05) is 29.6 Å². The van der Waals surface area contributed by atoms with E-state index in [1.807, 2.05) is 0 Å². The Labute approximate surface area is 150 Å². The molecule has 0 saturated heterocycles. The molecule has 0 aliphatic carbocycles. The highest BCUT2D eigenvalue weighted by molar-refractivity contribution is 6.31. The SMILES string of the molecule is COc1cc(OC)c(C(=O)c2cc(Cl)ccc2NC(C)=O)c(OC)c1. The highest BCUT2D eigenvalue weighted by Crippen LogP contribution is 2.37. The molecule has 7 heteroatoms. The van der Waals surface area contributed by atoms with Crippen LogP contribution in [0.2, 0.25) is 5.02 Å². The standard InChI is InChI=1S/C18H18ClNO5/c1-10(21)20-14-6-5-11(19)7-13(14)18(22)17-15(24-3)8-12(23-2)9-16(17)25-4/h5-9H,1-4H3,(H,20,21). The number of rotatable bonds is 6. The summed E-state index contributed by atoms with van der Waals surface area (Å²) in [6.07, 6.45) is 0. The molecular weight excluding hydrogens is 346 g/mol. The Morgan fingerprint density at radius 2 is 1.56 bits per heavy atom. The average molecular weight is 364 g/mol. The minimum atomic E-state index is -0.400. The van der Waals surface area contributed by atoms with Crippen molar-refractivity contribution < 1.29 is 23.8 Å². The van der Waals surface area contributed by atoms with Crippen molar-refractivity contribution in [2.75, 3.05) is 26.6 Å². The largest absolute Gasteiger partial charge is 0.496 e. The molecule has 0 radical (unpaired) electrons. The fourth-order valence-corrected chi connectivity index (χ4v) is 2.54. The molecule has 0 aromatic heterocycles. The molecular formula is C18H18ClNO5. The van der Waals surface area contributed by atoms with Gasteiger partial charge in [-0.2, -0.15) is 0 Å². The zero-order valence-corrected chi connectivity index (χ0v) is 15.1. The van der Waals surface area contributed by atoms with Crippen LogP contribution in [0.5, 0.6) is 17.2 Å². The molecule has 0 atom stereocenters. The zero-order chi connectivity index (χ0) is 18.6. The molecule has 1 amide bonds. The van der Waals surface area contributed by atoms with Gasteiger partial charge in [0.15, 0.2) is 0 Å². The third-order valence-electron chi connectivity index (χ3n) is 3.48. The third kappa shape index (κ3) is 4.03. The van der Waals surface area contributed by atoms with Crippen molar-refractivity contribution in [1.82, 2.24) is 0 Å². The van der Waals surface area contributed by atoms with Crippen molar-refractivity contribution in [1.29, 1.82) is 0 Å². The molecule has 0 heterocycles. The summed E-state index contributed by atoms with van der Waals surface area (Å²) in [4.78, 5) is 24.6. The maximum Gasteiger partial charge on any atom is 0.221 e. The van der Waals surface area contributed by atoms with Gasteiger partial charge >= 0.3 is 0 Å². The van der Waals surface area contributed by atoms with Crippen molar-refractivity contribution in [2.45, 2.75) is 6.92 Å². The number of hydrogen-bond donors (Lipinski definition) is 1. The number of methoxy groups -OCH3 is 3. The summed E-state index contributed by atoms with van der Waals surface area (Å²) < 4.78 is 15.8. The zero-order valence-electron chi connectivity index (χ0n) is 14.3. The van der Waals surface area contributed by atoms with Gasteiger partial charge in [0.1, 0.15) is 22.8 Å². The van der Waals surface area contributed by atoms with Crippen LogP contribution in [0.1, 0.15) is 22.8 Å². The van der Waals surface area contributed by atoms with Crippen LogP contribution < -0.4 is 19.5 Å². The summed E-state index contributed by atoms with van der Waals surface area (Å²) in [5.74, 6) is 0.357. The lowest BCUT2D eigenvalue weighted by Gasteiger charge is -2.16. The van der Waals surface area contributed by atoms with E-state index >= 15 is 0 Å². The number of benzene rings is 2. The predicted octanol–water partition coefficient (Wildman–Crippen LogP) is 3.56. The van der Waals surface area contributed by atoms with Crippen molar-refractivity contribution >= 4 is 29.0 Å². The number of nitrogens with one attached hydrogen (secondary N) is 1. The Hall–Kier alpha value is -2.73. The maximum absolute atomic E-state index is 13.1. The second kappa shape index (κ2) is 7.90. The number of amides is 1. The number of halogens is 1. The van der Waals surface area contributed by atoms with Crippen LogP contribution >= 0.6 is 11.6 Å². The summed E-state index contributed by atoms with van der Waals surface area (Å²) >= 11 is 6.03. The van der Waals surface area contributed by atoms with Gasteiger partial charge < -0.3 is 19.5 Å². The molecule has 0 aliphatic heterocycles. The Morgan fingerprint density at radius 3 is 2.04 bits per heavy atom. The van der Waals surface area contributed by atoms with Crippen molar-refractivity contribution in [2.24, 2.45) is 0 Å². The van der Waals surface area contributed by atoms with Crippen LogP contribution in [0.3, 0.4) is 0 Å². The number of hydrogen-bond acceptors (Lipinski definition) is 5. The van der Waals surface area contributed by atoms with Crippen LogP contribution in [-0.2, 0) is 4.79 Å². The number of carbonyl (C=O) groups excluding carboxylic acids is 2. The van der Waals surface area contributed by atoms with E-state index in [4.69, 9.17) is 25.8 Å². The average Bonchev–Trinajstić information content (AvgIpc) is 2.60. The number of ether oxygens (including phenoxy) is 3. The molecule has 0 fully saturated rings. The summed E-state index contributed by atoms with van der Waals surface area (Å²) in [5.41, 5.74) is 0.783. The first-order valence-corrected chi connectivity index (χ1v) is 7.71. The van der Waals surface area contributed by atoms with Crippen LogP contribution in [-0.4, -0.2) is 33.0 Å². The highest BCUT2D eigenvalue weighted by atomic mass is 35.5. The van der Waals surface area contributed by atoms with E-state index in [1.165, 1.54) is 34.3 Å². The number of ketones is 1. The first kappa shape index (κ1) is 18.6. The second-order valence-corrected chi connectivity index (χ2v) is 5.54. The number of carbonyl (C=O) groups is 2. The second-order valence-electron chi connectivity index (χ2n) is 5.11. The Balaban J connectivity index is 2.65. The van der Waals surface area contributed by atoms with E-state index in [0.29, 0.717) is 16.5 Å². The molecule has 0 unspecified atom stereocenters. The monoisotopic (exact) mass is 363 g/mol. The molecule has 1 N–H and O–H groups in total. The minimum absolute atomic E-state index is 0.208. The van der Waals surface area contributed by atoms with Crippen LogP contribution in [0.15, 0.2) is 30.3 Å². The molecule has 2 aromatic carbocycles. The van der Waals surface area contributed by atoms with E-state index < -0.39 is 5.78 Å². The fraction of sp³-hybridized carbons (Fsp3) is 0.222. The van der Waals surface area contributed by atoms with Gasteiger partial charge in [0.25, 0.3) is 0 Å². The Kier molecular flexibility index (Phi) is 5.88. The van der Waals surface area contributed by atoms with Crippen molar-refractivity contribution in [3.8, 4) is 17.2 Å². The molecule has 132 valence electrons. The quantitative estimate of drug-likeness (QED) is 0.794. The summed E-state index contributed by atoms with van der Waals surface area (Å²) in [6, 6.07) is 7.81. The van der Waals surface area contributed by atoms with Crippen molar-refractivity contribution in [3.05, 3.63) is 46.5 Å². The molecule has 6 nitrogen and oxygen atoms in total. The van der Waals surface area contributed by atoms with E-state index in [-0.39, 0.29) is 28.5 Å². The van der Waals surface area contributed by atoms with E-state index in [1.54, 1.807) is 24.3 Å². The lowest BCUT2D eigenvalue weighted by Crippen LogP contribution is -2.13. The molecule has 0 spiro atoms. The topological polar surface area (TPSA) is 73.9 Å². The summed E-state index contributed by atoms with van der Waals surface area (Å²) in [5, 5.41) is 2.99. The van der Waals surface area contributed by atoms with Crippen LogP contribution in [0.4, 0.5) is 5.69 Å². The summed E-state index contributed by atoms with van der Waals surface area (Å²) in [6.45, 7) is 1.36. The van der Waals surface area contributed by atoms with Gasteiger partial charge in [-0.15, -0.1) is 0 Å². The fourth-order valence-electron chi connectivity index (χ4n) is 2.37. The molecule has 0 saturated carbocycles. The van der Waals surface area contributed by atoms with Gasteiger partial charge in [-0.1, -0.05) is 11.6 Å². The Morgan fingerprint density at radius 1 is 0.960 bits per heavy atom. The Bertz CT molecular complexity index is 794. The molecule has 25 heavy (non-hydrogen) atoms. The molecule has 0 bridgehead atoms. The lowest BCUT2D eigenvalue weighted by atomic mass is 9.99. The van der Waals surface area contributed by atoms with Gasteiger partial charge in [0.05, 0.1) is 27.0 Å².